The van der Waals surface area contributed by atoms with Gasteiger partial charge < -0.3 is 10.0 Å². The van der Waals surface area contributed by atoms with Gasteiger partial charge in [-0.3, -0.25) is 0 Å². The van der Waals surface area contributed by atoms with Gasteiger partial charge in [0.1, 0.15) is 5.82 Å². The zero-order valence-electron chi connectivity index (χ0n) is 9.30. The fourth-order valence-corrected chi connectivity index (χ4v) is 1.97. The van der Waals surface area contributed by atoms with Crippen molar-refractivity contribution in [2.45, 2.75) is 25.4 Å². The van der Waals surface area contributed by atoms with Crippen LogP contribution in [-0.4, -0.2) is 24.1 Å². The maximum absolute atomic E-state index is 13.2. The molecule has 1 saturated heterocycles. The van der Waals surface area contributed by atoms with Gasteiger partial charge in [0, 0.05) is 37.2 Å². The number of aliphatic hydroxyl groups excluding tert-OH is 1. The van der Waals surface area contributed by atoms with Crippen LogP contribution in [0.15, 0.2) is 18.2 Å². The van der Waals surface area contributed by atoms with Crippen LogP contribution in [0.4, 0.5) is 18.9 Å². The van der Waals surface area contributed by atoms with Gasteiger partial charge in [0.2, 0.25) is 0 Å². The van der Waals surface area contributed by atoms with E-state index in [0.717, 1.165) is 0 Å². The molecule has 0 bridgehead atoms. The summed E-state index contributed by atoms with van der Waals surface area (Å²) in [6.07, 6.45) is -0.363. The lowest BCUT2D eigenvalue weighted by atomic mass is 10.1. The smallest absolute Gasteiger partial charge is 0.251 e. The summed E-state index contributed by atoms with van der Waals surface area (Å²) in [6.45, 7) is 0.122. The number of hydrogen-bond donors (Lipinski definition) is 1. The Kier molecular flexibility index (Phi) is 3.28. The molecule has 0 atom stereocenters. The molecule has 1 aromatic rings. The predicted octanol–water partition coefficient (Wildman–Crippen LogP) is 2.55. The van der Waals surface area contributed by atoms with Crippen molar-refractivity contribution in [3.8, 4) is 0 Å². The molecular formula is C12H14F3NO. The van der Waals surface area contributed by atoms with Crippen molar-refractivity contribution >= 4 is 5.69 Å². The van der Waals surface area contributed by atoms with Crippen LogP contribution in [0.25, 0.3) is 0 Å². The lowest BCUT2D eigenvalue weighted by Crippen LogP contribution is -2.39. The van der Waals surface area contributed by atoms with Crippen LogP contribution in [0.5, 0.6) is 0 Å². The number of rotatable bonds is 2. The second kappa shape index (κ2) is 4.56. The quantitative estimate of drug-likeness (QED) is 0.865. The molecule has 0 spiro atoms. The SMILES string of the molecule is OCc1cc(N2CCC(F)(F)CC2)ccc1F. The first kappa shape index (κ1) is 12.2. The Morgan fingerprint density at radius 2 is 1.88 bits per heavy atom. The maximum atomic E-state index is 13.2. The van der Waals surface area contributed by atoms with Crippen molar-refractivity contribution in [2.75, 3.05) is 18.0 Å². The fraction of sp³-hybridized carbons (Fsp3) is 0.500. The number of anilines is 1. The van der Waals surface area contributed by atoms with Crippen LogP contribution in [-0.2, 0) is 6.61 Å². The van der Waals surface area contributed by atoms with Crippen LogP contribution < -0.4 is 4.90 Å². The van der Waals surface area contributed by atoms with E-state index < -0.39 is 11.7 Å². The molecule has 1 aromatic carbocycles. The number of benzene rings is 1. The molecule has 0 aromatic heterocycles. The van der Waals surface area contributed by atoms with Crippen molar-refractivity contribution in [1.29, 1.82) is 0 Å². The van der Waals surface area contributed by atoms with Crippen molar-refractivity contribution < 1.29 is 18.3 Å². The second-order valence-electron chi connectivity index (χ2n) is 4.28. The summed E-state index contributed by atoms with van der Waals surface area (Å²) in [5.41, 5.74) is 0.880. The Bertz CT molecular complexity index is 399. The van der Waals surface area contributed by atoms with Gasteiger partial charge in [-0.25, -0.2) is 13.2 Å². The van der Waals surface area contributed by atoms with E-state index in [4.69, 9.17) is 5.11 Å². The summed E-state index contributed by atoms with van der Waals surface area (Å²) >= 11 is 0. The highest BCUT2D eigenvalue weighted by Gasteiger charge is 2.34. The van der Waals surface area contributed by atoms with Gasteiger partial charge in [0.15, 0.2) is 0 Å². The van der Waals surface area contributed by atoms with Crippen LogP contribution in [0.3, 0.4) is 0 Å². The molecule has 0 amide bonds. The first-order chi connectivity index (χ1) is 8.02. The zero-order chi connectivity index (χ0) is 12.5. The molecule has 17 heavy (non-hydrogen) atoms. The third kappa shape index (κ3) is 2.72. The van der Waals surface area contributed by atoms with Gasteiger partial charge >= 0.3 is 0 Å². The van der Waals surface area contributed by atoms with Crippen LogP contribution in [0.2, 0.25) is 0 Å². The van der Waals surface area contributed by atoms with Gasteiger partial charge in [-0.15, -0.1) is 0 Å². The molecule has 0 aliphatic carbocycles. The third-order valence-corrected chi connectivity index (χ3v) is 3.06. The summed E-state index contributed by atoms with van der Waals surface area (Å²) in [5, 5.41) is 8.95. The largest absolute Gasteiger partial charge is 0.392 e. The lowest BCUT2D eigenvalue weighted by Gasteiger charge is -2.33. The van der Waals surface area contributed by atoms with Gasteiger partial charge in [0.25, 0.3) is 5.92 Å². The zero-order valence-corrected chi connectivity index (χ0v) is 9.30. The van der Waals surface area contributed by atoms with Crippen molar-refractivity contribution in [2.24, 2.45) is 0 Å². The van der Waals surface area contributed by atoms with Gasteiger partial charge in [-0.05, 0) is 18.2 Å². The minimum absolute atomic E-state index is 0.182. The summed E-state index contributed by atoms with van der Waals surface area (Å²) in [5.74, 6) is -3.06. The highest BCUT2D eigenvalue weighted by atomic mass is 19.3. The molecule has 2 rings (SSSR count). The molecule has 1 heterocycles. The molecular weight excluding hydrogens is 231 g/mol. The van der Waals surface area contributed by atoms with Gasteiger partial charge in [-0.2, -0.15) is 0 Å². The van der Waals surface area contributed by atoms with Crippen molar-refractivity contribution in [3.63, 3.8) is 0 Å². The standard InChI is InChI=1S/C12H14F3NO/c13-11-2-1-10(7-9(11)8-17)16-5-3-12(14,15)4-6-16/h1-2,7,17H,3-6,8H2. The van der Waals surface area contributed by atoms with Crippen molar-refractivity contribution in [1.82, 2.24) is 0 Å². The first-order valence-corrected chi connectivity index (χ1v) is 5.54. The molecule has 1 aliphatic rings. The van der Waals surface area contributed by atoms with Crippen molar-refractivity contribution in [3.05, 3.63) is 29.6 Å². The molecule has 1 N–H and O–H groups in total. The number of hydrogen-bond acceptors (Lipinski definition) is 2. The molecule has 2 nitrogen and oxygen atoms in total. The maximum Gasteiger partial charge on any atom is 0.251 e. The number of halogens is 3. The second-order valence-corrected chi connectivity index (χ2v) is 4.28. The monoisotopic (exact) mass is 245 g/mol. The lowest BCUT2D eigenvalue weighted by molar-refractivity contribution is -0.0220. The fourth-order valence-electron chi connectivity index (χ4n) is 1.97. The Labute approximate surface area is 97.7 Å². The van der Waals surface area contributed by atoms with Gasteiger partial charge in [0.05, 0.1) is 6.61 Å². The third-order valence-electron chi connectivity index (χ3n) is 3.06. The Morgan fingerprint density at radius 3 is 2.47 bits per heavy atom. The first-order valence-electron chi connectivity index (χ1n) is 5.54. The summed E-state index contributed by atoms with van der Waals surface area (Å²) in [6, 6.07) is 4.32. The summed E-state index contributed by atoms with van der Waals surface area (Å²) in [7, 11) is 0. The normalized spacial score (nSPS) is 19.4. The topological polar surface area (TPSA) is 23.5 Å². The van der Waals surface area contributed by atoms with Crippen LogP contribution in [0.1, 0.15) is 18.4 Å². The highest BCUT2D eigenvalue weighted by molar-refractivity contribution is 5.49. The molecule has 1 aliphatic heterocycles. The van der Waals surface area contributed by atoms with E-state index in [1.165, 1.54) is 12.1 Å². The van der Waals surface area contributed by atoms with E-state index in [1.807, 2.05) is 0 Å². The van der Waals surface area contributed by atoms with E-state index >= 15 is 0 Å². The molecule has 0 radical (unpaired) electrons. The predicted molar refractivity (Wildman–Crippen MR) is 58.7 cm³/mol. The minimum Gasteiger partial charge on any atom is -0.392 e. The Hall–Kier alpha value is -1.23. The molecule has 94 valence electrons. The Balaban J connectivity index is 2.13. The summed E-state index contributed by atoms with van der Waals surface area (Å²) < 4.78 is 39.1. The van der Waals surface area contributed by atoms with E-state index in [-0.39, 0.29) is 38.1 Å². The number of nitrogens with zero attached hydrogens (tertiary/aromatic N) is 1. The van der Waals surface area contributed by atoms with E-state index in [1.54, 1.807) is 11.0 Å². The number of piperidine rings is 1. The van der Waals surface area contributed by atoms with Gasteiger partial charge in [-0.1, -0.05) is 0 Å². The van der Waals surface area contributed by atoms with Crippen LogP contribution >= 0.6 is 0 Å². The molecule has 1 fully saturated rings. The highest BCUT2D eigenvalue weighted by Crippen LogP contribution is 2.31. The molecule has 5 heteroatoms. The van der Waals surface area contributed by atoms with Crippen LogP contribution in [0, 0.1) is 5.82 Å². The number of alkyl halides is 2. The summed E-state index contributed by atoms with van der Waals surface area (Å²) in [4.78, 5) is 1.79. The van der Waals surface area contributed by atoms with E-state index in [0.29, 0.717) is 5.69 Å². The van der Waals surface area contributed by atoms with E-state index in [9.17, 15) is 13.2 Å². The van der Waals surface area contributed by atoms with E-state index in [2.05, 4.69) is 0 Å². The minimum atomic E-state index is -2.59. The molecule has 0 unspecified atom stereocenters. The number of aliphatic hydroxyl groups is 1. The average Bonchev–Trinajstić information content (AvgIpc) is 2.30. The average molecular weight is 245 g/mol. The Morgan fingerprint density at radius 1 is 1.24 bits per heavy atom. The molecule has 0 saturated carbocycles.